The monoisotopic (exact) mass is 290 g/mol. The van der Waals surface area contributed by atoms with Crippen LogP contribution in [0.25, 0.3) is 6.08 Å². The van der Waals surface area contributed by atoms with Crippen LogP contribution in [-0.2, 0) is 14.3 Å². The maximum absolute atomic E-state index is 12.0. The summed E-state index contributed by atoms with van der Waals surface area (Å²) in [6, 6.07) is 5.30. The highest BCUT2D eigenvalue weighted by atomic mass is 16.7. The fraction of sp³-hybridized carbons (Fsp3) is 0.375. The molecule has 5 heteroatoms. The van der Waals surface area contributed by atoms with Crippen LogP contribution in [-0.4, -0.2) is 25.2 Å². The maximum atomic E-state index is 12.0. The number of para-hydroxylation sites is 1. The Balaban J connectivity index is 2.28. The zero-order valence-corrected chi connectivity index (χ0v) is 12.3. The molecular weight excluding hydrogens is 272 g/mol. The Bertz CT molecular complexity index is 586. The van der Waals surface area contributed by atoms with Gasteiger partial charge in [-0.2, -0.15) is 0 Å². The average molecular weight is 290 g/mol. The van der Waals surface area contributed by atoms with E-state index < -0.39 is 5.97 Å². The molecule has 0 saturated carbocycles. The van der Waals surface area contributed by atoms with E-state index in [1.807, 2.05) is 13.8 Å². The molecule has 0 spiro atoms. The molecule has 1 aromatic rings. The molecule has 21 heavy (non-hydrogen) atoms. The Labute approximate surface area is 123 Å². The van der Waals surface area contributed by atoms with E-state index in [0.717, 1.165) is 0 Å². The summed E-state index contributed by atoms with van der Waals surface area (Å²) >= 11 is 0. The fourth-order valence-electron chi connectivity index (χ4n) is 1.85. The minimum Gasteiger partial charge on any atom is -0.462 e. The molecule has 1 aromatic carbocycles. The molecule has 0 N–H and O–H groups in total. The summed E-state index contributed by atoms with van der Waals surface area (Å²) in [5, 5.41) is 0. The van der Waals surface area contributed by atoms with Gasteiger partial charge in [0, 0.05) is 5.56 Å². The van der Waals surface area contributed by atoms with Crippen molar-refractivity contribution < 1.29 is 23.8 Å². The lowest BCUT2D eigenvalue weighted by molar-refractivity contribution is -0.141. The molecule has 0 saturated heterocycles. The largest absolute Gasteiger partial charge is 0.462 e. The van der Waals surface area contributed by atoms with Crippen molar-refractivity contribution in [3.8, 4) is 11.5 Å². The minimum absolute atomic E-state index is 0.000417. The summed E-state index contributed by atoms with van der Waals surface area (Å²) in [5.41, 5.74) is 0.622. The van der Waals surface area contributed by atoms with E-state index in [-0.39, 0.29) is 30.7 Å². The second-order valence-corrected chi connectivity index (χ2v) is 5.19. The summed E-state index contributed by atoms with van der Waals surface area (Å²) in [6.45, 7) is 5.60. The van der Waals surface area contributed by atoms with Gasteiger partial charge in [-0.05, 0) is 25.0 Å². The van der Waals surface area contributed by atoms with Crippen molar-refractivity contribution in [3.05, 3.63) is 29.3 Å². The number of esters is 1. The van der Waals surface area contributed by atoms with E-state index in [2.05, 4.69) is 0 Å². The van der Waals surface area contributed by atoms with Crippen molar-refractivity contribution in [2.45, 2.75) is 20.8 Å². The number of ketones is 1. The van der Waals surface area contributed by atoms with Gasteiger partial charge in [-0.25, -0.2) is 4.79 Å². The highest BCUT2D eigenvalue weighted by molar-refractivity contribution is 6.20. The first kappa shape index (κ1) is 15.1. The summed E-state index contributed by atoms with van der Waals surface area (Å²) in [6.07, 6.45) is 1.48. The Hall–Kier alpha value is -2.30. The molecule has 1 aliphatic rings. The zero-order valence-electron chi connectivity index (χ0n) is 12.3. The van der Waals surface area contributed by atoms with E-state index in [0.29, 0.717) is 17.1 Å². The molecule has 5 nitrogen and oxygen atoms in total. The van der Waals surface area contributed by atoms with Crippen molar-refractivity contribution >= 4 is 17.8 Å². The van der Waals surface area contributed by atoms with Gasteiger partial charge in [0.05, 0.1) is 6.61 Å². The van der Waals surface area contributed by atoms with Crippen LogP contribution in [0, 0.1) is 5.92 Å². The predicted molar refractivity (Wildman–Crippen MR) is 77.0 cm³/mol. The minimum atomic E-state index is -0.618. The van der Waals surface area contributed by atoms with Gasteiger partial charge in [-0.3, -0.25) is 4.79 Å². The number of benzene rings is 1. The molecule has 0 radical (unpaired) electrons. The van der Waals surface area contributed by atoms with E-state index >= 15 is 0 Å². The maximum Gasteiger partial charge on any atom is 0.341 e. The number of rotatable bonds is 5. The van der Waals surface area contributed by atoms with Gasteiger partial charge in [0.1, 0.15) is 5.57 Å². The van der Waals surface area contributed by atoms with Gasteiger partial charge in [0.15, 0.2) is 17.3 Å². The third kappa shape index (κ3) is 3.62. The average Bonchev–Trinajstić information content (AvgIpc) is 2.90. The van der Waals surface area contributed by atoms with Crippen LogP contribution in [0.1, 0.15) is 26.3 Å². The first-order valence-corrected chi connectivity index (χ1v) is 6.77. The Morgan fingerprint density at radius 3 is 2.76 bits per heavy atom. The van der Waals surface area contributed by atoms with Gasteiger partial charge >= 0.3 is 5.97 Å². The van der Waals surface area contributed by atoms with Crippen molar-refractivity contribution in [3.63, 3.8) is 0 Å². The highest BCUT2D eigenvalue weighted by Gasteiger charge is 2.21. The Kier molecular flexibility index (Phi) is 4.62. The number of hydrogen-bond donors (Lipinski definition) is 0. The van der Waals surface area contributed by atoms with Crippen LogP contribution in [0.2, 0.25) is 0 Å². The molecule has 0 aromatic heterocycles. The normalized spacial score (nSPS) is 13.4. The van der Waals surface area contributed by atoms with Gasteiger partial charge in [0.25, 0.3) is 0 Å². The molecule has 0 aliphatic carbocycles. The standard InChI is InChI=1S/C16H18O5/c1-10(2)8-19-16(18)13(11(3)17)7-12-5-4-6-14-15(12)21-9-20-14/h4-7,10H,8-9H2,1-3H3/b13-7-. The van der Waals surface area contributed by atoms with Crippen LogP contribution >= 0.6 is 0 Å². The summed E-state index contributed by atoms with van der Waals surface area (Å²) in [4.78, 5) is 23.7. The summed E-state index contributed by atoms with van der Waals surface area (Å²) in [7, 11) is 0. The van der Waals surface area contributed by atoms with E-state index in [4.69, 9.17) is 14.2 Å². The van der Waals surface area contributed by atoms with Crippen LogP contribution in [0.3, 0.4) is 0 Å². The molecular formula is C16H18O5. The zero-order chi connectivity index (χ0) is 15.4. The van der Waals surface area contributed by atoms with Crippen LogP contribution < -0.4 is 9.47 Å². The Morgan fingerprint density at radius 1 is 1.33 bits per heavy atom. The second-order valence-electron chi connectivity index (χ2n) is 5.19. The Morgan fingerprint density at radius 2 is 2.10 bits per heavy atom. The summed E-state index contributed by atoms with van der Waals surface area (Å²) < 4.78 is 15.7. The predicted octanol–water partition coefficient (Wildman–Crippen LogP) is 2.59. The number of fused-ring (bicyclic) bond motifs is 1. The highest BCUT2D eigenvalue weighted by Crippen LogP contribution is 2.36. The van der Waals surface area contributed by atoms with Gasteiger partial charge in [-0.1, -0.05) is 26.0 Å². The lowest BCUT2D eigenvalue weighted by atomic mass is 10.1. The molecule has 0 unspecified atom stereocenters. The molecule has 0 fully saturated rings. The van der Waals surface area contributed by atoms with Crippen molar-refractivity contribution in [1.82, 2.24) is 0 Å². The lowest BCUT2D eigenvalue weighted by Gasteiger charge is -2.09. The molecule has 112 valence electrons. The molecule has 1 heterocycles. The first-order chi connectivity index (χ1) is 9.99. The van der Waals surface area contributed by atoms with E-state index in [1.54, 1.807) is 18.2 Å². The van der Waals surface area contributed by atoms with Crippen molar-refractivity contribution in [1.29, 1.82) is 0 Å². The van der Waals surface area contributed by atoms with Crippen LogP contribution in [0.15, 0.2) is 23.8 Å². The molecule has 0 amide bonds. The molecule has 0 atom stereocenters. The third-order valence-corrected chi connectivity index (χ3v) is 2.87. The summed E-state index contributed by atoms with van der Waals surface area (Å²) in [5.74, 6) is 0.378. The van der Waals surface area contributed by atoms with Crippen LogP contribution in [0.5, 0.6) is 11.5 Å². The van der Waals surface area contributed by atoms with Gasteiger partial charge < -0.3 is 14.2 Å². The number of carbonyl (C=O) groups is 2. The fourth-order valence-corrected chi connectivity index (χ4v) is 1.85. The first-order valence-electron chi connectivity index (χ1n) is 6.77. The molecule has 0 bridgehead atoms. The number of carbonyl (C=O) groups excluding carboxylic acids is 2. The lowest BCUT2D eigenvalue weighted by Crippen LogP contribution is -2.16. The molecule has 1 aliphatic heterocycles. The SMILES string of the molecule is CC(=O)/C(=C/c1cccc2c1OCO2)C(=O)OCC(C)C. The van der Waals surface area contributed by atoms with Gasteiger partial charge in [-0.15, -0.1) is 0 Å². The van der Waals surface area contributed by atoms with E-state index in [1.165, 1.54) is 13.0 Å². The molecule has 2 rings (SSSR count). The topological polar surface area (TPSA) is 61.8 Å². The number of hydrogen-bond acceptors (Lipinski definition) is 5. The quantitative estimate of drug-likeness (QED) is 0.361. The second kappa shape index (κ2) is 6.43. The number of ether oxygens (including phenoxy) is 3. The smallest absolute Gasteiger partial charge is 0.341 e. The van der Waals surface area contributed by atoms with Gasteiger partial charge in [0.2, 0.25) is 6.79 Å². The van der Waals surface area contributed by atoms with Crippen LogP contribution in [0.4, 0.5) is 0 Å². The van der Waals surface area contributed by atoms with Crippen molar-refractivity contribution in [2.24, 2.45) is 5.92 Å². The van der Waals surface area contributed by atoms with E-state index in [9.17, 15) is 9.59 Å². The van der Waals surface area contributed by atoms with Crippen molar-refractivity contribution in [2.75, 3.05) is 13.4 Å². The number of Topliss-reactive ketones (excluding diaryl/α,β-unsaturated/α-hetero) is 1. The third-order valence-electron chi connectivity index (χ3n) is 2.87.